The van der Waals surface area contributed by atoms with E-state index in [1.54, 1.807) is 50.5 Å². The van der Waals surface area contributed by atoms with Crippen LogP contribution in [0.3, 0.4) is 0 Å². The Morgan fingerprint density at radius 3 is 2.09 bits per heavy atom. The first-order valence-corrected chi connectivity index (χ1v) is 17.5. The SMILES string of the molecule is CC(=O)N(C(=O)[C@H](CCC(N)=O)NC(=O)[C@@H](N)CO)[C@@H](CC(N)=O)C(=O)NC(C(=O)N(C(=O)[C@@H]1CCCN1)[C@H]([C]=O)C(C)C)C(O)CCc1ccccc1. The molecule has 54 heavy (non-hydrogen) atoms. The molecule has 1 aliphatic rings. The highest BCUT2D eigenvalue weighted by Crippen LogP contribution is 2.20. The lowest BCUT2D eigenvalue weighted by molar-refractivity contribution is -0.155. The topological polar surface area (TPSA) is 315 Å². The third kappa shape index (κ3) is 12.8. The maximum Gasteiger partial charge on any atom is 0.255 e. The number of carbonyl (C=O) groups is 8. The normalized spacial score (nSPS) is 17.2. The number of hydrogen-bond acceptors (Lipinski definition) is 13. The summed E-state index contributed by atoms with van der Waals surface area (Å²) in [6.07, 6.45) is -1.14. The van der Waals surface area contributed by atoms with Gasteiger partial charge in [0.05, 0.1) is 25.2 Å². The Hall–Kier alpha value is -5.11. The van der Waals surface area contributed by atoms with Gasteiger partial charge >= 0.3 is 0 Å². The van der Waals surface area contributed by atoms with E-state index in [1.165, 1.54) is 0 Å². The first-order chi connectivity index (χ1) is 25.4. The average molecular weight is 760 g/mol. The van der Waals surface area contributed by atoms with Crippen LogP contribution in [0.15, 0.2) is 30.3 Å². The maximum atomic E-state index is 14.4. The highest BCUT2D eigenvalue weighted by Gasteiger charge is 2.45. The molecule has 8 amide bonds. The van der Waals surface area contributed by atoms with Gasteiger partial charge in [0, 0.05) is 13.3 Å². The third-order valence-electron chi connectivity index (χ3n) is 8.80. The van der Waals surface area contributed by atoms with Crippen molar-refractivity contribution in [1.82, 2.24) is 25.8 Å². The standard InChI is InChI=1S/C35H51N8O11/c1-19(2)26(18-45)43(33(52)23-10-7-15-39-23)35(54)30(27(47)13-11-21-8-5-4-6-9-21)41-32(51)25(16-29(38)49)42(20(3)46)34(53)24(12-14-28(37)48)40-31(50)22(36)17-44/h4-6,8-9,19,22-27,30,39,44,47H,7,10-17,36H2,1-3H3,(H2,37,48)(H2,38,49)(H,40,50)(H,41,51)/t22-,23-,24-,25-,26+,27?,30?/m0/s1. The molecule has 1 aromatic carbocycles. The molecule has 0 aliphatic carbocycles. The largest absolute Gasteiger partial charge is 0.394 e. The molecule has 0 saturated carbocycles. The van der Waals surface area contributed by atoms with Gasteiger partial charge in [0.15, 0.2) is 0 Å². The van der Waals surface area contributed by atoms with Crippen LogP contribution in [0.4, 0.5) is 0 Å². The van der Waals surface area contributed by atoms with Crippen LogP contribution in [0.1, 0.15) is 64.9 Å². The molecule has 297 valence electrons. The minimum Gasteiger partial charge on any atom is -0.394 e. The van der Waals surface area contributed by atoms with Crippen LogP contribution < -0.4 is 33.2 Å². The molecule has 1 radical (unpaired) electrons. The summed E-state index contributed by atoms with van der Waals surface area (Å²) in [4.78, 5) is 119. The van der Waals surface area contributed by atoms with E-state index < -0.39 is 121 Å². The molecule has 2 unspecified atom stereocenters. The Balaban J connectivity index is 2.66. The lowest BCUT2D eigenvalue weighted by Crippen LogP contribution is -2.65. The molecule has 2 rings (SSSR count). The zero-order valence-corrected chi connectivity index (χ0v) is 30.6. The summed E-state index contributed by atoms with van der Waals surface area (Å²) in [7, 11) is 0. The quantitative estimate of drug-likeness (QED) is 0.0602. The molecule has 0 bridgehead atoms. The number of carbonyl (C=O) groups excluding carboxylic acids is 9. The van der Waals surface area contributed by atoms with Crippen LogP contribution in [0.2, 0.25) is 0 Å². The number of aliphatic hydroxyl groups is 2. The second-order valence-electron chi connectivity index (χ2n) is 13.3. The van der Waals surface area contributed by atoms with E-state index in [4.69, 9.17) is 17.2 Å². The van der Waals surface area contributed by atoms with Crippen molar-refractivity contribution in [3.05, 3.63) is 35.9 Å². The number of primary amides is 2. The van der Waals surface area contributed by atoms with Crippen LogP contribution in [-0.4, -0.2) is 129 Å². The summed E-state index contributed by atoms with van der Waals surface area (Å²) in [5.41, 5.74) is 17.0. The number of nitrogens with one attached hydrogen (secondary N) is 3. The van der Waals surface area contributed by atoms with Gasteiger partial charge in [-0.15, -0.1) is 0 Å². The molecule has 1 fully saturated rings. The number of imide groups is 2. The van der Waals surface area contributed by atoms with E-state index >= 15 is 0 Å². The van der Waals surface area contributed by atoms with Crippen LogP contribution in [0.25, 0.3) is 0 Å². The van der Waals surface area contributed by atoms with Gasteiger partial charge in [0.1, 0.15) is 30.2 Å². The highest BCUT2D eigenvalue weighted by atomic mass is 16.3. The number of hydrogen-bond donors (Lipinski definition) is 8. The van der Waals surface area contributed by atoms with Gasteiger partial charge < -0.3 is 43.4 Å². The molecule has 0 spiro atoms. The second-order valence-corrected chi connectivity index (χ2v) is 13.3. The summed E-state index contributed by atoms with van der Waals surface area (Å²) < 4.78 is 0. The molecular formula is C35H51N8O11. The summed E-state index contributed by atoms with van der Waals surface area (Å²) in [6, 6.07) is -0.954. The number of aryl methyl sites for hydroxylation is 1. The second kappa shape index (κ2) is 21.6. The first kappa shape index (κ1) is 45.0. The molecule has 1 aliphatic heterocycles. The van der Waals surface area contributed by atoms with Gasteiger partial charge in [-0.1, -0.05) is 44.2 Å². The van der Waals surface area contributed by atoms with Crippen LogP contribution in [0, 0.1) is 5.92 Å². The van der Waals surface area contributed by atoms with Gasteiger partial charge in [-0.05, 0) is 50.1 Å². The Labute approximate surface area is 312 Å². The van der Waals surface area contributed by atoms with E-state index in [9.17, 15) is 53.4 Å². The summed E-state index contributed by atoms with van der Waals surface area (Å²) in [6.45, 7) is 3.58. The highest BCUT2D eigenvalue weighted by molar-refractivity contribution is 6.06. The van der Waals surface area contributed by atoms with Crippen LogP contribution in [0.5, 0.6) is 0 Å². The lowest BCUT2D eigenvalue weighted by atomic mass is 9.96. The van der Waals surface area contributed by atoms with Crippen molar-refractivity contribution in [3.8, 4) is 0 Å². The van der Waals surface area contributed by atoms with Crippen molar-refractivity contribution in [2.45, 2.75) is 108 Å². The van der Waals surface area contributed by atoms with Crippen molar-refractivity contribution in [3.63, 3.8) is 0 Å². The van der Waals surface area contributed by atoms with E-state index in [0.29, 0.717) is 24.3 Å². The molecule has 0 aromatic heterocycles. The molecular weight excluding hydrogens is 708 g/mol. The Bertz CT molecular complexity index is 1520. The molecule has 19 heteroatoms. The van der Waals surface area contributed by atoms with Gasteiger partial charge in [-0.25, -0.2) is 0 Å². The molecule has 19 nitrogen and oxygen atoms in total. The molecule has 11 N–H and O–H groups in total. The van der Waals surface area contributed by atoms with E-state index in [-0.39, 0.29) is 17.7 Å². The van der Waals surface area contributed by atoms with Crippen LogP contribution in [-0.2, 0) is 49.6 Å². The lowest BCUT2D eigenvalue weighted by Gasteiger charge is -2.36. The van der Waals surface area contributed by atoms with E-state index in [2.05, 4.69) is 16.0 Å². The van der Waals surface area contributed by atoms with Gasteiger partial charge in [-0.2, -0.15) is 0 Å². The van der Waals surface area contributed by atoms with Crippen molar-refractivity contribution >= 4 is 53.5 Å². The Morgan fingerprint density at radius 2 is 1.59 bits per heavy atom. The van der Waals surface area contributed by atoms with Crippen molar-refractivity contribution in [2.24, 2.45) is 23.1 Å². The molecule has 1 heterocycles. The minimum atomic E-state index is -2.11. The smallest absolute Gasteiger partial charge is 0.255 e. The number of rotatable bonds is 21. The fourth-order valence-electron chi connectivity index (χ4n) is 5.87. The zero-order chi connectivity index (χ0) is 40.7. The average Bonchev–Trinajstić information content (AvgIpc) is 3.67. The van der Waals surface area contributed by atoms with Crippen molar-refractivity contribution in [1.29, 1.82) is 0 Å². The molecule has 7 atom stereocenters. The van der Waals surface area contributed by atoms with Crippen molar-refractivity contribution in [2.75, 3.05) is 13.2 Å². The fraction of sp³-hybridized carbons (Fsp3) is 0.571. The number of nitrogens with zero attached hydrogens (tertiary/aromatic N) is 2. The molecule has 1 aromatic rings. The first-order valence-electron chi connectivity index (χ1n) is 17.5. The maximum absolute atomic E-state index is 14.4. The van der Waals surface area contributed by atoms with Gasteiger partial charge in [0.25, 0.3) is 11.8 Å². The van der Waals surface area contributed by atoms with Crippen LogP contribution >= 0.6 is 0 Å². The monoisotopic (exact) mass is 759 g/mol. The summed E-state index contributed by atoms with van der Waals surface area (Å²) in [5.74, 6) is -9.64. The molecule has 1 saturated heterocycles. The number of benzene rings is 1. The predicted octanol–water partition coefficient (Wildman–Crippen LogP) is -3.60. The van der Waals surface area contributed by atoms with Gasteiger partial charge in [0.2, 0.25) is 41.7 Å². The fourth-order valence-corrected chi connectivity index (χ4v) is 5.87. The van der Waals surface area contributed by atoms with Gasteiger partial charge in [-0.3, -0.25) is 53.0 Å². The summed E-state index contributed by atoms with van der Waals surface area (Å²) >= 11 is 0. The minimum absolute atomic E-state index is 0.174. The number of amides is 8. The Kier molecular flexibility index (Phi) is 18.0. The number of nitrogens with two attached hydrogens (primary N) is 3. The number of aliphatic hydroxyl groups excluding tert-OH is 2. The Morgan fingerprint density at radius 1 is 0.944 bits per heavy atom. The van der Waals surface area contributed by atoms with Crippen molar-refractivity contribution < 1.29 is 53.4 Å². The summed E-state index contributed by atoms with van der Waals surface area (Å²) in [5, 5.41) is 28.3. The predicted molar refractivity (Wildman–Crippen MR) is 190 cm³/mol. The zero-order valence-electron chi connectivity index (χ0n) is 30.6. The van der Waals surface area contributed by atoms with E-state index in [0.717, 1.165) is 12.5 Å². The third-order valence-corrected chi connectivity index (χ3v) is 8.80. The van der Waals surface area contributed by atoms with E-state index in [1.807, 2.05) is 0 Å².